The number of methoxy groups -OCH3 is 1. The molecule has 0 aromatic carbocycles. The third-order valence-corrected chi connectivity index (χ3v) is 6.25. The number of nitrogens with zero attached hydrogens (tertiary/aromatic N) is 3. The van der Waals surface area contributed by atoms with E-state index in [-0.39, 0.29) is 32.0 Å². The van der Waals surface area contributed by atoms with E-state index in [4.69, 9.17) is 28.0 Å². The molecule has 13 heteroatoms. The van der Waals surface area contributed by atoms with E-state index in [0.717, 1.165) is 0 Å². The largest absolute Gasteiger partial charge is 0.463 e. The quantitative estimate of drug-likeness (QED) is 0.382. The minimum atomic E-state index is -3.34. The maximum absolute atomic E-state index is 12.6. The normalized spacial score (nSPS) is 27.9. The van der Waals surface area contributed by atoms with Crippen molar-refractivity contribution in [3.63, 3.8) is 0 Å². The average molecular weight is 449 g/mol. The molecule has 170 valence electrons. The van der Waals surface area contributed by atoms with Crippen LogP contribution in [0.1, 0.15) is 44.5 Å². The first-order valence-electron chi connectivity index (χ1n) is 9.68. The fourth-order valence-corrected chi connectivity index (χ4v) is 4.71. The molecule has 0 bridgehead atoms. The summed E-state index contributed by atoms with van der Waals surface area (Å²) in [6.07, 6.45) is -1.05. The molecule has 1 aromatic heterocycles. The fourth-order valence-electron chi connectivity index (χ4n) is 3.37. The Morgan fingerprint density at radius 2 is 1.90 bits per heavy atom. The van der Waals surface area contributed by atoms with E-state index >= 15 is 0 Å². The number of rotatable bonds is 10. The van der Waals surface area contributed by atoms with Crippen LogP contribution < -0.4 is 0 Å². The minimum Gasteiger partial charge on any atom is -0.463 e. The molecular formula is C17H28N3O9P. The highest BCUT2D eigenvalue weighted by Crippen LogP contribution is 2.48. The Labute approximate surface area is 174 Å². The molecule has 2 aliphatic rings. The number of esters is 1. The molecule has 2 saturated heterocycles. The van der Waals surface area contributed by atoms with Gasteiger partial charge in [-0.2, -0.15) is 0 Å². The maximum atomic E-state index is 12.6. The first kappa shape index (κ1) is 23.3. The zero-order valence-electron chi connectivity index (χ0n) is 17.7. The van der Waals surface area contributed by atoms with Crippen molar-refractivity contribution in [2.24, 2.45) is 0 Å². The van der Waals surface area contributed by atoms with Crippen LogP contribution in [0.15, 0.2) is 6.33 Å². The van der Waals surface area contributed by atoms with Crippen LogP contribution in [0.4, 0.5) is 0 Å². The van der Waals surface area contributed by atoms with Crippen molar-refractivity contribution in [3.05, 3.63) is 12.2 Å². The second kappa shape index (κ2) is 9.39. The topological polar surface area (TPSA) is 129 Å². The lowest BCUT2D eigenvalue weighted by molar-refractivity contribution is -0.203. The van der Waals surface area contributed by atoms with Crippen molar-refractivity contribution in [3.8, 4) is 0 Å². The summed E-state index contributed by atoms with van der Waals surface area (Å²) >= 11 is 0. The number of hydrogen-bond donors (Lipinski definition) is 0. The lowest BCUT2D eigenvalue weighted by atomic mass is 10.1. The highest BCUT2D eigenvalue weighted by molar-refractivity contribution is 7.53. The van der Waals surface area contributed by atoms with Crippen molar-refractivity contribution < 1.29 is 42.1 Å². The zero-order chi connectivity index (χ0) is 21.9. The summed E-state index contributed by atoms with van der Waals surface area (Å²) in [4.78, 5) is 15.6. The van der Waals surface area contributed by atoms with Gasteiger partial charge in [-0.3, -0.25) is 4.57 Å². The Morgan fingerprint density at radius 3 is 2.53 bits per heavy atom. The van der Waals surface area contributed by atoms with Crippen molar-refractivity contribution in [1.29, 1.82) is 0 Å². The van der Waals surface area contributed by atoms with Gasteiger partial charge in [0, 0.05) is 0 Å². The van der Waals surface area contributed by atoms with Crippen LogP contribution in [-0.2, 0) is 37.3 Å². The molecule has 0 saturated carbocycles. The number of hydrogen-bond acceptors (Lipinski definition) is 11. The van der Waals surface area contributed by atoms with E-state index in [1.807, 2.05) is 0 Å². The number of fused-ring (bicyclic) bond motifs is 1. The molecule has 2 aliphatic heterocycles. The van der Waals surface area contributed by atoms with Gasteiger partial charge in [0.15, 0.2) is 12.0 Å². The molecule has 0 unspecified atom stereocenters. The highest BCUT2D eigenvalue weighted by atomic mass is 31.2. The minimum absolute atomic E-state index is 0.0692. The smallest absolute Gasteiger partial charge is 0.377 e. The van der Waals surface area contributed by atoms with E-state index in [1.54, 1.807) is 27.7 Å². The lowest BCUT2D eigenvalue weighted by Gasteiger charge is -2.24. The lowest BCUT2D eigenvalue weighted by Crippen LogP contribution is -2.33. The van der Waals surface area contributed by atoms with Gasteiger partial charge < -0.3 is 32.7 Å². The van der Waals surface area contributed by atoms with Gasteiger partial charge >= 0.3 is 13.6 Å². The third kappa shape index (κ3) is 5.08. The summed E-state index contributed by atoms with van der Waals surface area (Å²) in [6.45, 7) is 7.60. The highest BCUT2D eigenvalue weighted by Gasteiger charge is 2.56. The molecule has 0 radical (unpaired) electrons. The van der Waals surface area contributed by atoms with Crippen LogP contribution in [0.5, 0.6) is 0 Å². The number of carbonyl (C=O) groups excluding carboxylic acids is 1. The number of carbonyl (C=O) groups is 1. The van der Waals surface area contributed by atoms with Gasteiger partial charge in [0.1, 0.15) is 31.0 Å². The summed E-state index contributed by atoms with van der Waals surface area (Å²) in [6, 6.07) is 0. The molecular weight excluding hydrogens is 421 g/mol. The fraction of sp³-hybridized carbons (Fsp3) is 0.824. The van der Waals surface area contributed by atoms with Crippen molar-refractivity contribution >= 4 is 13.6 Å². The zero-order valence-corrected chi connectivity index (χ0v) is 18.6. The molecule has 3 heterocycles. The van der Waals surface area contributed by atoms with Gasteiger partial charge in [-0.25, -0.2) is 14.5 Å². The SMILES string of the molecule is CCOP(=O)(COC[C@H]1O[C@@H](n2cnc(C(=O)OC)n2)[C@@H]2OC(C)(C)O[C@@H]21)OCC. The van der Waals surface area contributed by atoms with Gasteiger partial charge in [0.25, 0.3) is 5.82 Å². The Kier molecular flexibility index (Phi) is 7.28. The summed E-state index contributed by atoms with van der Waals surface area (Å²) in [5, 5.41) is 4.12. The first-order chi connectivity index (χ1) is 14.2. The van der Waals surface area contributed by atoms with E-state index < -0.39 is 43.9 Å². The van der Waals surface area contributed by atoms with E-state index in [2.05, 4.69) is 14.8 Å². The van der Waals surface area contributed by atoms with Crippen LogP contribution in [0.25, 0.3) is 0 Å². The molecule has 0 amide bonds. The second-order valence-electron chi connectivity index (χ2n) is 7.12. The maximum Gasteiger partial charge on any atom is 0.377 e. The molecule has 1 aromatic rings. The molecule has 3 rings (SSSR count). The predicted molar refractivity (Wildman–Crippen MR) is 101 cm³/mol. The Balaban J connectivity index is 1.69. The van der Waals surface area contributed by atoms with Gasteiger partial charge in [-0.1, -0.05) is 0 Å². The summed E-state index contributed by atoms with van der Waals surface area (Å²) in [5.74, 6) is -1.59. The van der Waals surface area contributed by atoms with E-state index in [0.29, 0.717) is 0 Å². The molecule has 30 heavy (non-hydrogen) atoms. The van der Waals surface area contributed by atoms with Gasteiger partial charge in [0.2, 0.25) is 0 Å². The Morgan fingerprint density at radius 1 is 1.23 bits per heavy atom. The molecule has 0 N–H and O–H groups in total. The molecule has 2 fully saturated rings. The molecule has 4 atom stereocenters. The Bertz CT molecular complexity index is 776. The van der Waals surface area contributed by atoms with Crippen LogP contribution in [0, 0.1) is 0 Å². The van der Waals surface area contributed by atoms with Gasteiger partial charge in [-0.05, 0) is 27.7 Å². The van der Waals surface area contributed by atoms with Crippen molar-refractivity contribution in [2.45, 2.75) is 58.0 Å². The Hall–Kier alpha value is -1.40. The number of aromatic nitrogens is 3. The monoisotopic (exact) mass is 449 g/mol. The molecule has 0 aliphatic carbocycles. The van der Waals surface area contributed by atoms with Crippen LogP contribution in [0.2, 0.25) is 0 Å². The van der Waals surface area contributed by atoms with Crippen molar-refractivity contribution in [1.82, 2.24) is 14.8 Å². The van der Waals surface area contributed by atoms with Crippen molar-refractivity contribution in [2.75, 3.05) is 33.3 Å². The summed E-state index contributed by atoms with van der Waals surface area (Å²) in [5.41, 5.74) is 0. The second-order valence-corrected chi connectivity index (χ2v) is 9.11. The summed E-state index contributed by atoms with van der Waals surface area (Å²) in [7, 11) is -2.09. The first-order valence-corrected chi connectivity index (χ1v) is 11.4. The third-order valence-electron chi connectivity index (χ3n) is 4.45. The predicted octanol–water partition coefficient (Wildman–Crippen LogP) is 1.72. The molecule has 12 nitrogen and oxygen atoms in total. The standard InChI is InChI=1S/C17H28N3O9P/c1-6-25-30(22,26-7-2)10-24-8-11-12-13(29-17(3,4)28-12)15(27-11)20-9-18-14(19-20)16(21)23-5/h9,11-13,15H,6-8,10H2,1-5H3/t11-,12-,13-,15-/m1/s1. The number of ether oxygens (including phenoxy) is 5. The summed E-state index contributed by atoms with van der Waals surface area (Å²) < 4.78 is 52.6. The van der Waals surface area contributed by atoms with Gasteiger partial charge in [-0.15, -0.1) is 5.10 Å². The van der Waals surface area contributed by atoms with Crippen LogP contribution in [0.3, 0.4) is 0 Å². The van der Waals surface area contributed by atoms with E-state index in [9.17, 15) is 9.36 Å². The van der Waals surface area contributed by atoms with Gasteiger partial charge in [0.05, 0.1) is 26.9 Å². The average Bonchev–Trinajstić information content (AvgIpc) is 3.35. The van der Waals surface area contributed by atoms with E-state index in [1.165, 1.54) is 18.1 Å². The molecule has 0 spiro atoms. The van der Waals surface area contributed by atoms with Crippen LogP contribution in [-0.4, -0.2) is 78.1 Å². The van der Waals surface area contributed by atoms with Crippen LogP contribution >= 0.6 is 7.60 Å².